The standard InChI is InChI=1S/C15H21N5/c1-5-17-14-10(2)15(20-12(4)19-14)18-11(3)13-7-6-8-16-9-13/h6-9,11H,5H2,1-4H3,(H2,17,18,19,20). The summed E-state index contributed by atoms with van der Waals surface area (Å²) in [5.41, 5.74) is 2.17. The molecule has 0 aromatic carbocycles. The summed E-state index contributed by atoms with van der Waals surface area (Å²) in [5.74, 6) is 2.51. The zero-order valence-corrected chi connectivity index (χ0v) is 12.4. The molecule has 2 heterocycles. The Morgan fingerprint density at radius 1 is 1.20 bits per heavy atom. The van der Waals surface area contributed by atoms with Crippen LogP contribution in [-0.4, -0.2) is 21.5 Å². The topological polar surface area (TPSA) is 62.7 Å². The molecule has 0 aliphatic carbocycles. The van der Waals surface area contributed by atoms with Gasteiger partial charge in [-0.2, -0.15) is 0 Å². The van der Waals surface area contributed by atoms with Crippen molar-refractivity contribution in [2.45, 2.75) is 33.7 Å². The number of rotatable bonds is 5. The van der Waals surface area contributed by atoms with Crippen LogP contribution in [0.15, 0.2) is 24.5 Å². The Morgan fingerprint density at radius 3 is 2.60 bits per heavy atom. The van der Waals surface area contributed by atoms with Crippen molar-refractivity contribution in [1.29, 1.82) is 0 Å². The SMILES string of the molecule is CCNc1nc(C)nc(NC(C)c2cccnc2)c1C. The van der Waals surface area contributed by atoms with E-state index in [0.717, 1.165) is 35.1 Å². The molecule has 5 heteroatoms. The number of hydrogen-bond donors (Lipinski definition) is 2. The van der Waals surface area contributed by atoms with Gasteiger partial charge < -0.3 is 10.6 Å². The summed E-state index contributed by atoms with van der Waals surface area (Å²) in [6, 6.07) is 4.14. The maximum atomic E-state index is 4.50. The fourth-order valence-electron chi connectivity index (χ4n) is 2.03. The van der Waals surface area contributed by atoms with Gasteiger partial charge in [0, 0.05) is 24.5 Å². The largest absolute Gasteiger partial charge is 0.370 e. The number of aromatic nitrogens is 3. The van der Waals surface area contributed by atoms with Gasteiger partial charge in [-0.05, 0) is 39.3 Å². The first kappa shape index (κ1) is 14.2. The zero-order valence-electron chi connectivity index (χ0n) is 12.4. The molecule has 0 saturated carbocycles. The van der Waals surface area contributed by atoms with Crippen LogP contribution in [0.4, 0.5) is 11.6 Å². The number of anilines is 2. The van der Waals surface area contributed by atoms with Crippen molar-refractivity contribution < 1.29 is 0 Å². The average molecular weight is 271 g/mol. The van der Waals surface area contributed by atoms with Gasteiger partial charge >= 0.3 is 0 Å². The van der Waals surface area contributed by atoms with Gasteiger partial charge in [0.15, 0.2) is 0 Å². The van der Waals surface area contributed by atoms with E-state index in [1.54, 1.807) is 6.20 Å². The van der Waals surface area contributed by atoms with E-state index in [9.17, 15) is 0 Å². The van der Waals surface area contributed by atoms with Crippen molar-refractivity contribution >= 4 is 11.6 Å². The van der Waals surface area contributed by atoms with Gasteiger partial charge in [0.05, 0.1) is 6.04 Å². The van der Waals surface area contributed by atoms with Crippen LogP contribution in [0.5, 0.6) is 0 Å². The molecule has 0 fully saturated rings. The second-order valence-corrected chi connectivity index (χ2v) is 4.78. The van der Waals surface area contributed by atoms with E-state index in [-0.39, 0.29) is 6.04 Å². The summed E-state index contributed by atoms with van der Waals surface area (Å²) in [7, 11) is 0. The monoisotopic (exact) mass is 271 g/mol. The quantitative estimate of drug-likeness (QED) is 0.875. The normalized spacial score (nSPS) is 12.0. The van der Waals surface area contributed by atoms with Crippen LogP contribution in [0.25, 0.3) is 0 Å². The third-order valence-corrected chi connectivity index (χ3v) is 3.14. The molecule has 20 heavy (non-hydrogen) atoms. The molecule has 0 radical (unpaired) electrons. The lowest BCUT2D eigenvalue weighted by Gasteiger charge is -2.18. The summed E-state index contributed by atoms with van der Waals surface area (Å²) < 4.78 is 0. The van der Waals surface area contributed by atoms with E-state index < -0.39 is 0 Å². The van der Waals surface area contributed by atoms with Crippen molar-refractivity contribution in [1.82, 2.24) is 15.0 Å². The highest BCUT2D eigenvalue weighted by molar-refractivity contribution is 5.57. The molecule has 2 aromatic heterocycles. The average Bonchev–Trinajstić information content (AvgIpc) is 2.45. The summed E-state index contributed by atoms with van der Waals surface area (Å²) >= 11 is 0. The van der Waals surface area contributed by atoms with Crippen LogP contribution in [0.2, 0.25) is 0 Å². The number of nitrogens with zero attached hydrogens (tertiary/aromatic N) is 3. The van der Waals surface area contributed by atoms with E-state index in [0.29, 0.717) is 0 Å². The first-order valence-corrected chi connectivity index (χ1v) is 6.87. The van der Waals surface area contributed by atoms with Crippen LogP contribution in [0, 0.1) is 13.8 Å². The third kappa shape index (κ3) is 3.23. The molecule has 2 N–H and O–H groups in total. The number of nitrogens with one attached hydrogen (secondary N) is 2. The van der Waals surface area contributed by atoms with Crippen molar-refractivity contribution in [3.05, 3.63) is 41.5 Å². The summed E-state index contributed by atoms with van der Waals surface area (Å²) in [5, 5.41) is 6.70. The molecular formula is C15H21N5. The molecule has 0 spiro atoms. The van der Waals surface area contributed by atoms with E-state index in [1.807, 2.05) is 26.1 Å². The molecule has 0 aliphatic heterocycles. The fourth-order valence-corrected chi connectivity index (χ4v) is 2.03. The molecule has 2 rings (SSSR count). The van der Waals surface area contributed by atoms with Gasteiger partial charge in [0.2, 0.25) is 0 Å². The van der Waals surface area contributed by atoms with Gasteiger partial charge in [-0.15, -0.1) is 0 Å². The Morgan fingerprint density at radius 2 is 1.95 bits per heavy atom. The Balaban J connectivity index is 2.25. The molecule has 1 unspecified atom stereocenters. The van der Waals surface area contributed by atoms with Crippen LogP contribution < -0.4 is 10.6 Å². The molecule has 2 aromatic rings. The van der Waals surface area contributed by atoms with Crippen LogP contribution in [0.1, 0.15) is 36.8 Å². The molecule has 0 aliphatic rings. The number of aryl methyl sites for hydroxylation is 1. The molecule has 0 bridgehead atoms. The number of hydrogen-bond acceptors (Lipinski definition) is 5. The predicted molar refractivity (Wildman–Crippen MR) is 81.9 cm³/mol. The lowest BCUT2D eigenvalue weighted by Crippen LogP contribution is -2.13. The van der Waals surface area contributed by atoms with Crippen LogP contribution in [0.3, 0.4) is 0 Å². The molecule has 1 atom stereocenters. The van der Waals surface area contributed by atoms with Crippen LogP contribution in [-0.2, 0) is 0 Å². The summed E-state index contributed by atoms with van der Waals surface area (Å²) in [6.07, 6.45) is 3.64. The minimum absolute atomic E-state index is 0.145. The summed E-state index contributed by atoms with van der Waals surface area (Å²) in [4.78, 5) is 13.1. The highest BCUT2D eigenvalue weighted by Gasteiger charge is 2.12. The zero-order chi connectivity index (χ0) is 14.5. The van der Waals surface area contributed by atoms with Crippen molar-refractivity contribution in [3.63, 3.8) is 0 Å². The van der Waals surface area contributed by atoms with E-state index >= 15 is 0 Å². The smallest absolute Gasteiger partial charge is 0.135 e. The Hall–Kier alpha value is -2.17. The van der Waals surface area contributed by atoms with E-state index in [1.165, 1.54) is 0 Å². The molecule has 0 amide bonds. The molecule has 0 saturated heterocycles. The molecule has 5 nitrogen and oxygen atoms in total. The Bertz CT molecular complexity index is 568. The minimum atomic E-state index is 0.145. The second-order valence-electron chi connectivity index (χ2n) is 4.78. The van der Waals surface area contributed by atoms with Crippen molar-refractivity contribution in [2.24, 2.45) is 0 Å². The molecular weight excluding hydrogens is 250 g/mol. The van der Waals surface area contributed by atoms with Gasteiger partial charge in [-0.1, -0.05) is 6.07 Å². The van der Waals surface area contributed by atoms with Crippen LogP contribution >= 0.6 is 0 Å². The Kier molecular flexibility index (Phi) is 4.50. The van der Waals surface area contributed by atoms with E-state index in [2.05, 4.69) is 45.5 Å². The highest BCUT2D eigenvalue weighted by atomic mass is 15.1. The first-order chi connectivity index (χ1) is 9.61. The second kappa shape index (κ2) is 6.32. The predicted octanol–water partition coefficient (Wildman–Crippen LogP) is 3.09. The highest BCUT2D eigenvalue weighted by Crippen LogP contribution is 2.24. The first-order valence-electron chi connectivity index (χ1n) is 6.87. The van der Waals surface area contributed by atoms with Gasteiger partial charge in [0.1, 0.15) is 17.5 Å². The van der Waals surface area contributed by atoms with Gasteiger partial charge in [-0.3, -0.25) is 4.98 Å². The summed E-state index contributed by atoms with van der Waals surface area (Å²) in [6.45, 7) is 8.92. The van der Waals surface area contributed by atoms with E-state index in [4.69, 9.17) is 0 Å². The third-order valence-electron chi connectivity index (χ3n) is 3.14. The fraction of sp³-hybridized carbons (Fsp3) is 0.400. The Labute approximate surface area is 119 Å². The lowest BCUT2D eigenvalue weighted by atomic mass is 10.1. The lowest BCUT2D eigenvalue weighted by molar-refractivity contribution is 0.855. The minimum Gasteiger partial charge on any atom is -0.370 e. The number of pyridine rings is 1. The van der Waals surface area contributed by atoms with Gasteiger partial charge in [-0.25, -0.2) is 9.97 Å². The maximum Gasteiger partial charge on any atom is 0.135 e. The van der Waals surface area contributed by atoms with Crippen molar-refractivity contribution in [2.75, 3.05) is 17.2 Å². The molecule has 106 valence electrons. The maximum absolute atomic E-state index is 4.50. The van der Waals surface area contributed by atoms with Crippen molar-refractivity contribution in [3.8, 4) is 0 Å². The van der Waals surface area contributed by atoms with Gasteiger partial charge in [0.25, 0.3) is 0 Å².